The summed E-state index contributed by atoms with van der Waals surface area (Å²) in [6.07, 6.45) is 1.17. The van der Waals surface area contributed by atoms with Gasteiger partial charge in [-0.25, -0.2) is 0 Å². The highest BCUT2D eigenvalue weighted by Crippen LogP contribution is 2.04. The Morgan fingerprint density at radius 3 is 2.25 bits per heavy atom. The van der Waals surface area contributed by atoms with E-state index in [1.165, 1.54) is 6.42 Å². The van der Waals surface area contributed by atoms with E-state index in [0.717, 1.165) is 13.8 Å². The first-order chi connectivity index (χ1) is 7.45. The number of rotatable bonds is 9. The first-order valence-corrected chi connectivity index (χ1v) is 6.51. The fraction of sp³-hybridized carbons (Fsp3) is 1.00. The van der Waals surface area contributed by atoms with Crippen LogP contribution in [-0.2, 0) is 0 Å². The number of hydrogen-bond donors (Lipinski definition) is 3. The van der Waals surface area contributed by atoms with Crippen LogP contribution in [0.3, 0.4) is 0 Å². The molecular formula is C12H29BN2O. The first-order valence-electron chi connectivity index (χ1n) is 6.51. The Balaban J connectivity index is 3.59. The highest BCUT2D eigenvalue weighted by atomic mass is 16.3. The highest BCUT2D eigenvalue weighted by Gasteiger charge is 2.13. The van der Waals surface area contributed by atoms with E-state index in [1.54, 1.807) is 0 Å². The lowest BCUT2D eigenvalue weighted by molar-refractivity contribution is 0.236. The number of hydrogen-bond acceptors (Lipinski definition) is 3. The largest absolute Gasteiger partial charge is 0.400 e. The standard InChI is InChI=1S/C12H29BN2O/c1-9(2)6-11(4)15-8-12(16)13-10(3)7-14-5/h9-16H,6-8H2,1-5H3. The summed E-state index contributed by atoms with van der Waals surface area (Å²) in [6, 6.07) is 0.271. The summed E-state index contributed by atoms with van der Waals surface area (Å²) in [7, 11) is 2.81. The summed E-state index contributed by atoms with van der Waals surface area (Å²) in [4.78, 5) is 0. The third-order valence-corrected chi connectivity index (χ3v) is 2.75. The molecule has 3 unspecified atom stereocenters. The van der Waals surface area contributed by atoms with Crippen molar-refractivity contribution >= 4 is 7.28 Å². The quantitative estimate of drug-likeness (QED) is 0.511. The second kappa shape index (κ2) is 9.02. The molecule has 0 amide bonds. The zero-order chi connectivity index (χ0) is 12.6. The molecule has 0 aliphatic carbocycles. The van der Waals surface area contributed by atoms with Gasteiger partial charge in [-0.2, -0.15) is 0 Å². The Morgan fingerprint density at radius 2 is 1.75 bits per heavy atom. The van der Waals surface area contributed by atoms with Crippen LogP contribution in [0.5, 0.6) is 0 Å². The smallest absolute Gasteiger partial charge is 0.163 e. The molecule has 0 aliphatic heterocycles. The van der Waals surface area contributed by atoms with Crippen LogP contribution in [0.25, 0.3) is 0 Å². The molecule has 3 N–H and O–H groups in total. The van der Waals surface area contributed by atoms with Gasteiger partial charge in [-0.3, -0.25) is 0 Å². The van der Waals surface area contributed by atoms with Crippen molar-refractivity contribution in [3.05, 3.63) is 0 Å². The summed E-state index contributed by atoms with van der Waals surface area (Å²) >= 11 is 0. The fourth-order valence-electron chi connectivity index (χ4n) is 2.11. The van der Waals surface area contributed by atoms with Gasteiger partial charge in [0.15, 0.2) is 7.28 Å². The van der Waals surface area contributed by atoms with E-state index in [4.69, 9.17) is 0 Å². The highest BCUT2D eigenvalue weighted by molar-refractivity contribution is 6.39. The van der Waals surface area contributed by atoms with Crippen LogP contribution in [0.4, 0.5) is 0 Å². The summed E-state index contributed by atoms with van der Waals surface area (Å²) < 4.78 is 0. The summed E-state index contributed by atoms with van der Waals surface area (Å²) in [5.74, 6) is 1.24. The van der Waals surface area contributed by atoms with Crippen molar-refractivity contribution in [2.75, 3.05) is 20.1 Å². The minimum Gasteiger partial charge on any atom is -0.400 e. The Hall–Kier alpha value is -0.0551. The molecule has 0 aromatic carbocycles. The number of aliphatic hydroxyl groups excluding tert-OH is 1. The summed E-state index contributed by atoms with van der Waals surface area (Å²) in [5, 5.41) is 16.4. The molecule has 0 saturated heterocycles. The van der Waals surface area contributed by atoms with Gasteiger partial charge in [0.25, 0.3) is 0 Å². The van der Waals surface area contributed by atoms with Gasteiger partial charge in [0.05, 0.1) is 0 Å². The third-order valence-electron chi connectivity index (χ3n) is 2.75. The molecule has 0 rings (SSSR count). The topological polar surface area (TPSA) is 44.3 Å². The molecular weight excluding hydrogens is 199 g/mol. The van der Waals surface area contributed by atoms with E-state index in [-0.39, 0.29) is 6.00 Å². The van der Waals surface area contributed by atoms with Crippen LogP contribution in [-0.4, -0.2) is 44.6 Å². The van der Waals surface area contributed by atoms with E-state index in [0.29, 0.717) is 24.3 Å². The Bertz CT molecular complexity index is 167. The third kappa shape index (κ3) is 9.19. The van der Waals surface area contributed by atoms with Crippen molar-refractivity contribution in [3.8, 4) is 0 Å². The van der Waals surface area contributed by atoms with Crippen LogP contribution >= 0.6 is 0 Å². The SMILES string of the molecule is CNCC(C)BC(O)CNC(C)CC(C)C. The average molecular weight is 228 g/mol. The van der Waals surface area contributed by atoms with E-state index < -0.39 is 0 Å². The maximum Gasteiger partial charge on any atom is 0.163 e. The Kier molecular flexibility index (Phi) is 8.99. The second-order valence-corrected chi connectivity index (χ2v) is 5.49. The predicted molar refractivity (Wildman–Crippen MR) is 73.4 cm³/mol. The predicted octanol–water partition coefficient (Wildman–Crippen LogP) is 0.793. The zero-order valence-corrected chi connectivity index (χ0v) is 11.6. The normalized spacial score (nSPS) is 17.2. The minimum absolute atomic E-state index is 0.224. The van der Waals surface area contributed by atoms with Crippen LogP contribution in [0.15, 0.2) is 0 Å². The Labute approximate surface area is 102 Å². The lowest BCUT2D eigenvalue weighted by Crippen LogP contribution is -2.39. The second-order valence-electron chi connectivity index (χ2n) is 5.49. The number of aliphatic hydroxyl groups is 1. The maximum atomic E-state index is 9.84. The van der Waals surface area contributed by atoms with Crippen LogP contribution < -0.4 is 10.6 Å². The van der Waals surface area contributed by atoms with E-state index in [2.05, 4.69) is 38.3 Å². The van der Waals surface area contributed by atoms with Crippen molar-refractivity contribution in [3.63, 3.8) is 0 Å². The van der Waals surface area contributed by atoms with Gasteiger partial charge < -0.3 is 15.7 Å². The van der Waals surface area contributed by atoms with Gasteiger partial charge >= 0.3 is 0 Å². The molecule has 0 heterocycles. The van der Waals surface area contributed by atoms with Gasteiger partial charge in [-0.05, 0) is 32.9 Å². The average Bonchev–Trinajstić information content (AvgIpc) is 2.14. The lowest BCUT2D eigenvalue weighted by Gasteiger charge is -2.20. The molecule has 16 heavy (non-hydrogen) atoms. The van der Waals surface area contributed by atoms with Gasteiger partial charge in [0.2, 0.25) is 0 Å². The van der Waals surface area contributed by atoms with Gasteiger partial charge in [0, 0.05) is 18.6 Å². The van der Waals surface area contributed by atoms with Crippen molar-refractivity contribution in [2.24, 2.45) is 5.92 Å². The molecule has 0 fully saturated rings. The van der Waals surface area contributed by atoms with Crippen LogP contribution in [0.2, 0.25) is 5.82 Å². The molecule has 0 radical (unpaired) electrons. The molecule has 0 bridgehead atoms. The van der Waals surface area contributed by atoms with Crippen molar-refractivity contribution < 1.29 is 5.11 Å². The number of nitrogens with one attached hydrogen (secondary N) is 2. The molecule has 0 aromatic rings. The minimum atomic E-state index is -0.224. The summed E-state index contributed by atoms with van der Waals surface area (Å²) in [6.45, 7) is 10.5. The molecule has 0 aromatic heterocycles. The molecule has 3 nitrogen and oxygen atoms in total. The molecule has 0 spiro atoms. The van der Waals surface area contributed by atoms with E-state index in [1.807, 2.05) is 7.05 Å². The Morgan fingerprint density at radius 1 is 1.12 bits per heavy atom. The van der Waals surface area contributed by atoms with Crippen LogP contribution in [0.1, 0.15) is 34.1 Å². The molecule has 0 aliphatic rings. The lowest BCUT2D eigenvalue weighted by atomic mass is 9.60. The van der Waals surface area contributed by atoms with Crippen molar-refractivity contribution in [1.29, 1.82) is 0 Å². The first kappa shape index (κ1) is 15.9. The molecule has 96 valence electrons. The van der Waals surface area contributed by atoms with E-state index in [9.17, 15) is 5.11 Å². The van der Waals surface area contributed by atoms with Gasteiger partial charge in [-0.1, -0.05) is 26.6 Å². The van der Waals surface area contributed by atoms with E-state index >= 15 is 0 Å². The monoisotopic (exact) mass is 228 g/mol. The molecule has 3 atom stereocenters. The zero-order valence-electron chi connectivity index (χ0n) is 11.6. The van der Waals surface area contributed by atoms with Crippen molar-refractivity contribution in [1.82, 2.24) is 10.6 Å². The van der Waals surface area contributed by atoms with Crippen molar-refractivity contribution in [2.45, 2.75) is 52.0 Å². The summed E-state index contributed by atoms with van der Waals surface area (Å²) in [5.41, 5.74) is 0. The van der Waals surface area contributed by atoms with Gasteiger partial charge in [0.1, 0.15) is 0 Å². The molecule has 4 heteroatoms. The van der Waals surface area contributed by atoms with Crippen LogP contribution in [0, 0.1) is 5.92 Å². The molecule has 0 saturated carbocycles. The fourth-order valence-corrected chi connectivity index (χ4v) is 2.11. The van der Waals surface area contributed by atoms with Gasteiger partial charge in [-0.15, -0.1) is 0 Å². The maximum absolute atomic E-state index is 9.84.